The molecule has 10 heteroatoms. The van der Waals surface area contributed by atoms with Crippen LogP contribution in [0, 0.1) is 0 Å². The molecule has 5 aromatic rings. The summed E-state index contributed by atoms with van der Waals surface area (Å²) in [6, 6.07) is 15.7. The highest BCUT2D eigenvalue weighted by molar-refractivity contribution is 5.71. The molecule has 0 aliphatic carbocycles. The van der Waals surface area contributed by atoms with Gasteiger partial charge in [0.05, 0.1) is 6.20 Å². The van der Waals surface area contributed by atoms with Crippen molar-refractivity contribution in [2.45, 2.75) is 0 Å². The van der Waals surface area contributed by atoms with E-state index in [-0.39, 0.29) is 0 Å². The van der Waals surface area contributed by atoms with Crippen LogP contribution >= 0.6 is 0 Å². The van der Waals surface area contributed by atoms with Gasteiger partial charge in [-0.1, -0.05) is 24.3 Å². The number of aromatic nitrogens is 6. The van der Waals surface area contributed by atoms with E-state index in [9.17, 15) is 5.21 Å². The van der Waals surface area contributed by atoms with E-state index in [4.69, 9.17) is 0 Å². The molecule has 0 radical (unpaired) electrons. The minimum absolute atomic E-state index is 0.394. The second kappa shape index (κ2) is 9.14. The smallest absolute Gasteiger partial charge is 0.229 e. The molecule has 3 aromatic heterocycles. The van der Waals surface area contributed by atoms with Gasteiger partial charge in [0, 0.05) is 61.4 Å². The van der Waals surface area contributed by atoms with Crippen molar-refractivity contribution in [1.29, 1.82) is 0 Å². The van der Waals surface area contributed by atoms with E-state index in [0.717, 1.165) is 39.6 Å². The first-order valence-electron chi connectivity index (χ1n) is 10.6. The molecular weight excluding hydrogens is 430 g/mol. The number of nitrogens with one attached hydrogen (secondary N) is 2. The lowest BCUT2D eigenvalue weighted by Gasteiger charge is -2.11. The Morgan fingerprint density at radius 3 is 1.91 bits per heavy atom. The minimum atomic E-state index is 0.394. The van der Waals surface area contributed by atoms with E-state index in [1.165, 1.54) is 0 Å². The first-order valence-corrected chi connectivity index (χ1v) is 10.6. The predicted molar refractivity (Wildman–Crippen MR) is 129 cm³/mol. The average molecular weight is 455 g/mol. The predicted octanol–water partition coefficient (Wildman–Crippen LogP) is 3.35. The summed E-state index contributed by atoms with van der Waals surface area (Å²) in [5, 5.41) is 16.2. The van der Waals surface area contributed by atoms with E-state index >= 15 is 0 Å². The topological polar surface area (TPSA) is 122 Å². The van der Waals surface area contributed by atoms with Gasteiger partial charge in [-0.2, -0.15) is 10.5 Å². The fraction of sp³-hybridized carbons (Fsp3) is 0.0833. The van der Waals surface area contributed by atoms with E-state index < -0.39 is 0 Å². The molecule has 0 aliphatic rings. The molecule has 0 saturated carbocycles. The molecule has 170 valence electrons. The third-order valence-electron chi connectivity index (χ3n) is 5.36. The van der Waals surface area contributed by atoms with Crippen LogP contribution in [0.1, 0.15) is 0 Å². The van der Waals surface area contributed by atoms with Crippen LogP contribution < -0.4 is 16.1 Å². The Morgan fingerprint density at radius 1 is 0.794 bits per heavy atom. The first-order chi connectivity index (χ1) is 16.6. The highest BCUT2D eigenvalue weighted by atomic mass is 16.5. The molecule has 0 amide bonds. The normalized spacial score (nSPS) is 10.9. The zero-order valence-corrected chi connectivity index (χ0v) is 18.7. The fourth-order valence-electron chi connectivity index (χ4n) is 3.67. The summed E-state index contributed by atoms with van der Waals surface area (Å²) in [6.45, 7) is 0. The average Bonchev–Trinajstić information content (AvgIpc) is 3.47. The number of rotatable bonds is 7. The Hall–Kier alpha value is -4.54. The molecule has 0 unspecified atom stereocenters. The third-order valence-corrected chi connectivity index (χ3v) is 5.36. The summed E-state index contributed by atoms with van der Waals surface area (Å²) in [7, 11) is 3.91. The van der Waals surface area contributed by atoms with Gasteiger partial charge < -0.3 is 19.8 Å². The van der Waals surface area contributed by atoms with Crippen molar-refractivity contribution in [2.75, 3.05) is 10.6 Å². The molecule has 2 aromatic carbocycles. The van der Waals surface area contributed by atoms with Gasteiger partial charge in [0.15, 0.2) is 0 Å². The van der Waals surface area contributed by atoms with Crippen molar-refractivity contribution in [2.24, 2.45) is 14.1 Å². The van der Waals surface area contributed by atoms with Crippen molar-refractivity contribution >= 4 is 28.8 Å². The fourth-order valence-corrected chi connectivity index (χ4v) is 3.67. The van der Waals surface area contributed by atoms with Crippen LogP contribution in [-0.2, 0) is 14.1 Å². The standard InChI is InChI=1S/C24H23N9O/c1-32-11-9-25-22(32)16-5-3-7-18(13-16)28-21-20(31-34)15-27-24(30-21)29-19-8-4-6-17(14-19)23-26-10-12-33(23)2/h3-15,31,34H,1-2H3,(H2,27,28,29,30)/p+1. The molecule has 0 spiro atoms. The van der Waals surface area contributed by atoms with E-state index in [2.05, 4.69) is 30.6 Å². The molecule has 0 atom stereocenters. The highest BCUT2D eigenvalue weighted by Gasteiger charge is 2.13. The number of nitrogens with two attached hydrogens (primary N) is 1. The summed E-state index contributed by atoms with van der Waals surface area (Å²) >= 11 is 0. The van der Waals surface area contributed by atoms with Gasteiger partial charge in [0.1, 0.15) is 11.6 Å². The Bertz CT molecular complexity index is 1440. The summed E-state index contributed by atoms with van der Waals surface area (Å²) in [5.74, 6) is 2.59. The lowest BCUT2D eigenvalue weighted by Crippen LogP contribution is -2.74. The van der Waals surface area contributed by atoms with Crippen molar-refractivity contribution in [3.05, 3.63) is 79.5 Å². The maximum atomic E-state index is 9.70. The number of benzene rings is 2. The molecular formula is C24H24N9O+. The molecule has 0 fully saturated rings. The zero-order valence-electron chi connectivity index (χ0n) is 18.7. The number of hydrogen-bond donors (Lipinski definition) is 4. The van der Waals surface area contributed by atoms with Crippen LogP contribution in [0.25, 0.3) is 22.8 Å². The van der Waals surface area contributed by atoms with Crippen LogP contribution in [-0.4, -0.2) is 34.3 Å². The van der Waals surface area contributed by atoms with Crippen molar-refractivity contribution in [1.82, 2.24) is 29.1 Å². The summed E-state index contributed by atoms with van der Waals surface area (Å²) in [4.78, 5) is 17.7. The Kier molecular flexibility index (Phi) is 5.73. The molecule has 5 N–H and O–H groups in total. The maximum Gasteiger partial charge on any atom is 0.229 e. The van der Waals surface area contributed by atoms with Crippen molar-refractivity contribution < 1.29 is 10.7 Å². The molecule has 5 rings (SSSR count). The van der Waals surface area contributed by atoms with Gasteiger partial charge in [-0.05, 0) is 24.3 Å². The Labute approximate surface area is 196 Å². The number of nitrogens with zero attached hydrogens (tertiary/aromatic N) is 6. The number of aryl methyl sites for hydroxylation is 2. The number of quaternary nitrogens is 1. The molecule has 0 saturated heterocycles. The van der Waals surface area contributed by atoms with Crippen LogP contribution in [0.3, 0.4) is 0 Å². The van der Waals surface area contributed by atoms with Gasteiger partial charge in [-0.25, -0.2) is 20.2 Å². The highest BCUT2D eigenvalue weighted by Crippen LogP contribution is 2.27. The first kappa shape index (κ1) is 21.3. The molecule has 34 heavy (non-hydrogen) atoms. The van der Waals surface area contributed by atoms with Gasteiger partial charge in [-0.3, -0.25) is 0 Å². The third kappa shape index (κ3) is 4.35. The molecule has 0 bridgehead atoms. The van der Waals surface area contributed by atoms with Gasteiger partial charge in [0.25, 0.3) is 0 Å². The largest absolute Gasteiger partial charge is 0.335 e. The van der Waals surface area contributed by atoms with Gasteiger partial charge in [0.2, 0.25) is 17.5 Å². The van der Waals surface area contributed by atoms with Crippen LogP contribution in [0.15, 0.2) is 79.5 Å². The Balaban J connectivity index is 1.41. The lowest BCUT2D eigenvalue weighted by molar-refractivity contribution is -0.825. The van der Waals surface area contributed by atoms with Gasteiger partial charge >= 0.3 is 0 Å². The SMILES string of the molecule is Cn1ccnc1-c1cccc(Nc2ncc([NH2+]O)c(Nc3cccc(-c4nccn4C)c3)n2)c1. The number of anilines is 4. The van der Waals surface area contributed by atoms with Crippen molar-refractivity contribution in [3.8, 4) is 22.8 Å². The quantitative estimate of drug-likeness (QED) is 0.278. The van der Waals surface area contributed by atoms with Crippen LogP contribution in [0.2, 0.25) is 0 Å². The second-order valence-corrected chi connectivity index (χ2v) is 7.76. The van der Waals surface area contributed by atoms with E-state index in [1.807, 2.05) is 84.2 Å². The van der Waals surface area contributed by atoms with Crippen LogP contribution in [0.5, 0.6) is 0 Å². The molecule has 3 heterocycles. The van der Waals surface area contributed by atoms with E-state index in [0.29, 0.717) is 17.5 Å². The summed E-state index contributed by atoms with van der Waals surface area (Å²) in [5.41, 5.74) is 5.02. The maximum absolute atomic E-state index is 9.70. The Morgan fingerprint density at radius 2 is 1.38 bits per heavy atom. The zero-order chi connectivity index (χ0) is 23.5. The van der Waals surface area contributed by atoms with Crippen molar-refractivity contribution in [3.63, 3.8) is 0 Å². The molecule has 10 nitrogen and oxygen atoms in total. The summed E-state index contributed by atoms with van der Waals surface area (Å²) < 4.78 is 3.92. The monoisotopic (exact) mass is 454 g/mol. The number of hydrogen-bond acceptors (Lipinski definition) is 7. The lowest BCUT2D eigenvalue weighted by atomic mass is 10.2. The van der Waals surface area contributed by atoms with E-state index in [1.54, 1.807) is 18.6 Å². The number of imidazole rings is 2. The van der Waals surface area contributed by atoms with Crippen LogP contribution in [0.4, 0.5) is 28.8 Å². The summed E-state index contributed by atoms with van der Waals surface area (Å²) in [6.07, 6.45) is 8.90. The van der Waals surface area contributed by atoms with Gasteiger partial charge in [-0.15, -0.1) is 0 Å². The second-order valence-electron chi connectivity index (χ2n) is 7.76. The minimum Gasteiger partial charge on any atom is -0.335 e. The molecule has 0 aliphatic heterocycles.